The van der Waals surface area contributed by atoms with Crippen LogP contribution in [0.1, 0.15) is 24.9 Å². The Morgan fingerprint density at radius 3 is 2.58 bits per heavy atom. The summed E-state index contributed by atoms with van der Waals surface area (Å²) in [5.74, 6) is 0.822. The Morgan fingerprint density at radius 2 is 2.00 bits per heavy atom. The summed E-state index contributed by atoms with van der Waals surface area (Å²) in [7, 11) is 3.49. The van der Waals surface area contributed by atoms with Gasteiger partial charge in [-0.1, -0.05) is 30.3 Å². The number of hydrogen-bond acceptors (Lipinski definition) is 2. The van der Waals surface area contributed by atoms with E-state index < -0.39 is 0 Å². The molecule has 0 bridgehead atoms. The topological polar surface area (TPSA) is 45.7 Å². The highest BCUT2D eigenvalue weighted by Gasteiger charge is 2.06. The van der Waals surface area contributed by atoms with Gasteiger partial charge in [-0.25, -0.2) is 0 Å². The van der Waals surface area contributed by atoms with Gasteiger partial charge in [-0.3, -0.25) is 4.99 Å². The zero-order chi connectivity index (χ0) is 13.2. The third-order valence-corrected chi connectivity index (χ3v) is 2.69. The van der Waals surface area contributed by atoms with E-state index in [1.807, 2.05) is 18.2 Å². The lowest BCUT2D eigenvalue weighted by Gasteiger charge is -2.18. The molecule has 0 aromatic heterocycles. The maximum atomic E-state index is 5.01. The van der Waals surface area contributed by atoms with Gasteiger partial charge < -0.3 is 15.4 Å². The number of guanidine groups is 1. The van der Waals surface area contributed by atoms with E-state index in [-0.39, 0.29) is 30.0 Å². The monoisotopic (exact) mass is 377 g/mol. The summed E-state index contributed by atoms with van der Waals surface area (Å²) in [5.41, 5.74) is 1.25. The number of nitrogens with zero attached hydrogens (tertiary/aromatic N) is 1. The third kappa shape index (κ3) is 7.37. The molecule has 0 aliphatic heterocycles. The van der Waals surface area contributed by atoms with Crippen LogP contribution in [0.5, 0.6) is 0 Å². The highest BCUT2D eigenvalue weighted by atomic mass is 127. The van der Waals surface area contributed by atoms with E-state index in [1.54, 1.807) is 14.2 Å². The predicted molar refractivity (Wildman–Crippen MR) is 91.3 cm³/mol. The fraction of sp³-hybridized carbons (Fsp3) is 0.500. The van der Waals surface area contributed by atoms with Crippen LogP contribution in [0.3, 0.4) is 0 Å². The van der Waals surface area contributed by atoms with Gasteiger partial charge in [0.2, 0.25) is 0 Å². The van der Waals surface area contributed by atoms with Crippen molar-refractivity contribution in [2.24, 2.45) is 4.99 Å². The number of halogens is 1. The van der Waals surface area contributed by atoms with Gasteiger partial charge in [0.1, 0.15) is 0 Å². The minimum Gasteiger partial charge on any atom is -0.385 e. The van der Waals surface area contributed by atoms with Gasteiger partial charge in [-0.15, -0.1) is 24.0 Å². The minimum absolute atomic E-state index is 0. The molecule has 2 N–H and O–H groups in total. The second-order valence-electron chi connectivity index (χ2n) is 4.12. The smallest absolute Gasteiger partial charge is 0.191 e. The van der Waals surface area contributed by atoms with Crippen LogP contribution in [0.2, 0.25) is 0 Å². The molecule has 0 fully saturated rings. The first kappa shape index (κ1) is 18.2. The average molecular weight is 377 g/mol. The lowest BCUT2D eigenvalue weighted by molar-refractivity contribution is 0.195. The van der Waals surface area contributed by atoms with Crippen LogP contribution in [-0.4, -0.2) is 33.3 Å². The fourth-order valence-electron chi connectivity index (χ4n) is 1.65. The summed E-state index contributed by atoms with van der Waals surface area (Å²) in [6, 6.07) is 10.6. The normalized spacial score (nSPS) is 12.5. The second-order valence-corrected chi connectivity index (χ2v) is 4.12. The summed E-state index contributed by atoms with van der Waals surface area (Å²) in [4.78, 5) is 4.20. The van der Waals surface area contributed by atoms with E-state index in [1.165, 1.54) is 5.56 Å². The Hall–Kier alpha value is -0.820. The molecule has 1 aromatic carbocycles. The summed E-state index contributed by atoms with van der Waals surface area (Å²) in [6.45, 7) is 3.74. The molecule has 19 heavy (non-hydrogen) atoms. The van der Waals surface area contributed by atoms with Crippen molar-refractivity contribution < 1.29 is 4.74 Å². The van der Waals surface area contributed by atoms with Crippen LogP contribution in [0.15, 0.2) is 35.3 Å². The van der Waals surface area contributed by atoms with Crippen molar-refractivity contribution in [2.45, 2.75) is 19.4 Å². The molecule has 0 spiro atoms. The predicted octanol–water partition coefficient (Wildman–Crippen LogP) is 2.57. The van der Waals surface area contributed by atoms with Gasteiger partial charge in [-0.05, 0) is 18.9 Å². The van der Waals surface area contributed by atoms with Crippen molar-refractivity contribution in [2.75, 3.05) is 27.3 Å². The number of ether oxygens (including phenoxy) is 1. The first-order valence-electron chi connectivity index (χ1n) is 6.29. The Labute approximate surface area is 133 Å². The number of methoxy groups -OCH3 is 1. The molecular formula is C14H24IN3O. The molecule has 108 valence electrons. The first-order chi connectivity index (χ1) is 8.77. The Bertz CT molecular complexity index is 357. The summed E-state index contributed by atoms with van der Waals surface area (Å²) < 4.78 is 5.01. The highest BCUT2D eigenvalue weighted by Crippen LogP contribution is 2.10. The summed E-state index contributed by atoms with van der Waals surface area (Å²) in [5, 5.41) is 6.62. The quantitative estimate of drug-likeness (QED) is 0.347. The van der Waals surface area contributed by atoms with E-state index in [4.69, 9.17) is 4.74 Å². The number of aliphatic imine (C=N–C) groups is 1. The SMILES string of the molecule is CN=C(NCCCOC)NC(C)c1ccccc1.I. The minimum atomic E-state index is 0. The zero-order valence-corrected chi connectivity index (χ0v) is 14.2. The molecule has 0 heterocycles. The molecule has 1 unspecified atom stereocenters. The molecule has 0 aliphatic carbocycles. The molecule has 5 heteroatoms. The molecule has 1 atom stereocenters. The third-order valence-electron chi connectivity index (χ3n) is 2.69. The number of benzene rings is 1. The molecule has 0 aliphatic rings. The molecule has 0 saturated carbocycles. The van der Waals surface area contributed by atoms with Crippen LogP contribution in [0.4, 0.5) is 0 Å². The lowest BCUT2D eigenvalue weighted by Crippen LogP contribution is -2.39. The molecule has 0 radical (unpaired) electrons. The number of rotatable bonds is 6. The molecule has 4 nitrogen and oxygen atoms in total. The standard InChI is InChI=1S/C14H23N3O.HI/c1-12(13-8-5-4-6-9-13)17-14(15-2)16-10-7-11-18-3;/h4-6,8-9,12H,7,10-11H2,1-3H3,(H2,15,16,17);1H. The Balaban J connectivity index is 0.00000324. The van der Waals surface area contributed by atoms with Gasteiger partial charge in [-0.2, -0.15) is 0 Å². The van der Waals surface area contributed by atoms with E-state index in [9.17, 15) is 0 Å². The largest absolute Gasteiger partial charge is 0.385 e. The van der Waals surface area contributed by atoms with Gasteiger partial charge in [0.15, 0.2) is 5.96 Å². The van der Waals surface area contributed by atoms with Crippen LogP contribution in [0.25, 0.3) is 0 Å². The van der Waals surface area contributed by atoms with Crippen LogP contribution in [0, 0.1) is 0 Å². The first-order valence-corrected chi connectivity index (χ1v) is 6.29. The van der Waals surface area contributed by atoms with E-state index >= 15 is 0 Å². The van der Waals surface area contributed by atoms with Gasteiger partial charge in [0.05, 0.1) is 6.04 Å². The van der Waals surface area contributed by atoms with Crippen molar-refractivity contribution in [3.63, 3.8) is 0 Å². The average Bonchev–Trinajstić information content (AvgIpc) is 2.43. The van der Waals surface area contributed by atoms with E-state index in [0.717, 1.165) is 25.5 Å². The highest BCUT2D eigenvalue weighted by molar-refractivity contribution is 14.0. The van der Waals surface area contributed by atoms with E-state index in [2.05, 4.69) is 34.7 Å². The van der Waals surface area contributed by atoms with Crippen LogP contribution in [-0.2, 0) is 4.74 Å². The lowest BCUT2D eigenvalue weighted by atomic mass is 10.1. The van der Waals surface area contributed by atoms with Crippen LogP contribution >= 0.6 is 24.0 Å². The summed E-state index contributed by atoms with van der Waals surface area (Å²) in [6.07, 6.45) is 0.969. The molecule has 0 amide bonds. The van der Waals surface area contributed by atoms with E-state index in [0.29, 0.717) is 0 Å². The van der Waals surface area contributed by atoms with Crippen molar-refractivity contribution >= 4 is 29.9 Å². The number of hydrogen-bond donors (Lipinski definition) is 2. The van der Waals surface area contributed by atoms with Gasteiger partial charge in [0.25, 0.3) is 0 Å². The van der Waals surface area contributed by atoms with Crippen molar-refractivity contribution in [1.29, 1.82) is 0 Å². The van der Waals surface area contributed by atoms with Gasteiger partial charge >= 0.3 is 0 Å². The van der Waals surface area contributed by atoms with Gasteiger partial charge in [0, 0.05) is 27.3 Å². The zero-order valence-electron chi connectivity index (χ0n) is 11.8. The Morgan fingerprint density at radius 1 is 1.32 bits per heavy atom. The molecule has 0 saturated heterocycles. The van der Waals surface area contributed by atoms with Crippen molar-refractivity contribution in [3.05, 3.63) is 35.9 Å². The Kier molecular flexibility index (Phi) is 10.6. The van der Waals surface area contributed by atoms with Crippen LogP contribution < -0.4 is 10.6 Å². The summed E-state index contributed by atoms with van der Waals surface area (Å²) >= 11 is 0. The molecular weight excluding hydrogens is 353 g/mol. The maximum Gasteiger partial charge on any atom is 0.191 e. The van der Waals surface area contributed by atoms with Crippen molar-refractivity contribution in [1.82, 2.24) is 10.6 Å². The fourth-order valence-corrected chi connectivity index (χ4v) is 1.65. The van der Waals surface area contributed by atoms with Crippen molar-refractivity contribution in [3.8, 4) is 0 Å². The second kappa shape index (κ2) is 11.0. The molecule has 1 rings (SSSR count). The maximum absolute atomic E-state index is 5.01. The number of nitrogens with one attached hydrogen (secondary N) is 2. The molecule has 1 aromatic rings.